The van der Waals surface area contributed by atoms with Crippen molar-refractivity contribution in [3.8, 4) is 5.75 Å². The molecule has 1 aliphatic heterocycles. The lowest BCUT2D eigenvalue weighted by Gasteiger charge is -2.24. The number of fused-ring (bicyclic) bond motifs is 1. The Balaban J connectivity index is 1.38. The molecule has 1 aliphatic rings. The van der Waals surface area contributed by atoms with E-state index >= 15 is 0 Å². The summed E-state index contributed by atoms with van der Waals surface area (Å²) in [6, 6.07) is 15.9. The van der Waals surface area contributed by atoms with Gasteiger partial charge in [-0.15, -0.1) is 5.10 Å². The van der Waals surface area contributed by atoms with E-state index in [1.807, 2.05) is 55.5 Å². The van der Waals surface area contributed by atoms with Gasteiger partial charge in [0, 0.05) is 25.3 Å². The minimum atomic E-state index is -0.0676. The van der Waals surface area contributed by atoms with Crippen LogP contribution in [0.1, 0.15) is 35.4 Å². The number of benzene rings is 2. The Bertz CT molecular complexity index is 1340. The third-order valence-electron chi connectivity index (χ3n) is 6.51. The quantitative estimate of drug-likeness (QED) is 0.398. The maximum Gasteiger partial charge on any atom is 0.252 e. The summed E-state index contributed by atoms with van der Waals surface area (Å²) < 4.78 is 13.0. The van der Waals surface area contributed by atoms with Crippen molar-refractivity contribution in [3.05, 3.63) is 81.4 Å². The molecule has 1 saturated heterocycles. The van der Waals surface area contributed by atoms with Crippen molar-refractivity contribution in [2.45, 2.75) is 45.5 Å². The van der Waals surface area contributed by atoms with Crippen LogP contribution in [0.15, 0.2) is 53.3 Å². The zero-order chi connectivity index (χ0) is 24.2. The van der Waals surface area contributed by atoms with Crippen LogP contribution in [0.4, 0.5) is 0 Å². The minimum Gasteiger partial charge on any atom is -0.497 e. The van der Waals surface area contributed by atoms with Crippen molar-refractivity contribution in [2.24, 2.45) is 0 Å². The minimum absolute atomic E-state index is 0.0676. The Morgan fingerprint density at radius 1 is 1.20 bits per heavy atom. The zero-order valence-electron chi connectivity index (χ0n) is 20.1. The standard InChI is InChI=1S/C26H30N6O3/c1-18-5-3-6-20-13-21(26(33)27-25(18)20)15-31(16-23-7-4-12-35-23)17-24-28-29-30-32(24)14-19-8-10-22(34-2)11-9-19/h3,5-6,8-11,13,23H,4,7,12,14-17H2,1-2H3,(H,27,33)/t23-/m1/s1. The van der Waals surface area contributed by atoms with E-state index in [1.165, 1.54) is 0 Å². The number of H-pyrrole nitrogens is 1. The normalized spacial score (nSPS) is 15.8. The summed E-state index contributed by atoms with van der Waals surface area (Å²) in [4.78, 5) is 18.2. The molecule has 0 radical (unpaired) electrons. The number of ether oxygens (including phenoxy) is 2. The van der Waals surface area contributed by atoms with Crippen LogP contribution in [0.3, 0.4) is 0 Å². The molecule has 0 bridgehead atoms. The molecule has 9 nitrogen and oxygen atoms in total. The molecule has 9 heteroatoms. The lowest BCUT2D eigenvalue weighted by atomic mass is 10.1. The molecule has 182 valence electrons. The Hall–Kier alpha value is -3.56. The van der Waals surface area contributed by atoms with Crippen molar-refractivity contribution >= 4 is 10.9 Å². The fourth-order valence-corrected chi connectivity index (χ4v) is 4.61. The van der Waals surface area contributed by atoms with Crippen molar-refractivity contribution in [3.63, 3.8) is 0 Å². The van der Waals surface area contributed by atoms with Crippen LogP contribution in [0.2, 0.25) is 0 Å². The first-order chi connectivity index (χ1) is 17.1. The van der Waals surface area contributed by atoms with E-state index in [2.05, 4.69) is 25.4 Å². The molecule has 1 fully saturated rings. The second-order valence-corrected chi connectivity index (χ2v) is 9.07. The molecule has 0 spiro atoms. The topological polar surface area (TPSA) is 98.2 Å². The molecule has 2 aromatic carbocycles. The molecule has 3 heterocycles. The zero-order valence-corrected chi connectivity index (χ0v) is 20.1. The highest BCUT2D eigenvalue weighted by Crippen LogP contribution is 2.19. The van der Waals surface area contributed by atoms with Gasteiger partial charge in [-0.2, -0.15) is 0 Å². The molecule has 0 saturated carbocycles. The first-order valence-electron chi connectivity index (χ1n) is 11.9. The molecular weight excluding hydrogens is 444 g/mol. The van der Waals surface area contributed by atoms with Crippen molar-refractivity contribution in [1.29, 1.82) is 0 Å². The molecule has 0 amide bonds. The Morgan fingerprint density at radius 2 is 2.06 bits per heavy atom. The second kappa shape index (κ2) is 10.4. The smallest absolute Gasteiger partial charge is 0.252 e. The molecular formula is C26H30N6O3. The van der Waals surface area contributed by atoms with Crippen LogP contribution in [0.5, 0.6) is 5.75 Å². The van der Waals surface area contributed by atoms with Crippen molar-refractivity contribution in [1.82, 2.24) is 30.1 Å². The molecule has 2 aromatic heterocycles. The Morgan fingerprint density at radius 3 is 2.83 bits per heavy atom. The average Bonchev–Trinajstić information content (AvgIpc) is 3.53. The van der Waals surface area contributed by atoms with Crippen LogP contribution in [-0.4, -0.2) is 56.5 Å². The van der Waals surface area contributed by atoms with Gasteiger partial charge in [0.15, 0.2) is 5.82 Å². The number of hydrogen-bond acceptors (Lipinski definition) is 7. The summed E-state index contributed by atoms with van der Waals surface area (Å²) in [5, 5.41) is 13.5. The summed E-state index contributed by atoms with van der Waals surface area (Å²) in [5.41, 5.74) is 3.67. The number of tetrazole rings is 1. The first kappa shape index (κ1) is 23.2. The fourth-order valence-electron chi connectivity index (χ4n) is 4.61. The van der Waals surface area contributed by atoms with Gasteiger partial charge >= 0.3 is 0 Å². The lowest BCUT2D eigenvalue weighted by molar-refractivity contribution is 0.0663. The number of hydrogen-bond donors (Lipinski definition) is 1. The van der Waals surface area contributed by atoms with Crippen LogP contribution in [0.25, 0.3) is 10.9 Å². The van der Waals surface area contributed by atoms with Gasteiger partial charge in [0.2, 0.25) is 0 Å². The number of rotatable bonds is 9. The Labute approximate surface area is 203 Å². The third-order valence-corrected chi connectivity index (χ3v) is 6.51. The van der Waals surface area contributed by atoms with Crippen LogP contribution < -0.4 is 10.3 Å². The van der Waals surface area contributed by atoms with Crippen LogP contribution in [-0.2, 0) is 24.4 Å². The van der Waals surface area contributed by atoms with Gasteiger partial charge in [0.05, 0.1) is 31.8 Å². The molecule has 0 unspecified atom stereocenters. The van der Waals surface area contributed by atoms with E-state index in [1.54, 1.807) is 11.8 Å². The maximum absolute atomic E-state index is 13.0. The summed E-state index contributed by atoms with van der Waals surface area (Å²) in [5.74, 6) is 1.55. The predicted octanol–water partition coefficient (Wildman–Crippen LogP) is 3.06. The van der Waals surface area contributed by atoms with Crippen LogP contribution in [0, 0.1) is 6.92 Å². The number of methoxy groups -OCH3 is 1. The predicted molar refractivity (Wildman–Crippen MR) is 132 cm³/mol. The van der Waals surface area contributed by atoms with Crippen molar-refractivity contribution in [2.75, 3.05) is 20.3 Å². The van der Waals surface area contributed by atoms with Gasteiger partial charge in [-0.3, -0.25) is 9.69 Å². The van der Waals surface area contributed by atoms with Gasteiger partial charge < -0.3 is 14.5 Å². The van der Waals surface area contributed by atoms with Gasteiger partial charge in [-0.05, 0) is 64.9 Å². The third kappa shape index (κ3) is 5.41. The monoisotopic (exact) mass is 474 g/mol. The number of aryl methyl sites for hydroxylation is 1. The van der Waals surface area contributed by atoms with Gasteiger partial charge in [-0.25, -0.2) is 4.68 Å². The largest absolute Gasteiger partial charge is 0.497 e. The SMILES string of the molecule is COc1ccc(Cn2nnnc2CN(Cc2cc3cccc(C)c3[nH]c2=O)C[C@H]2CCCO2)cc1. The maximum atomic E-state index is 13.0. The lowest BCUT2D eigenvalue weighted by Crippen LogP contribution is -2.34. The molecule has 5 rings (SSSR count). The molecule has 0 aliphatic carbocycles. The summed E-state index contributed by atoms with van der Waals surface area (Å²) >= 11 is 0. The number of aromatic nitrogens is 5. The molecule has 4 aromatic rings. The van der Waals surface area contributed by atoms with Crippen LogP contribution >= 0.6 is 0 Å². The van der Waals surface area contributed by atoms with E-state index in [9.17, 15) is 4.79 Å². The number of nitrogens with one attached hydrogen (secondary N) is 1. The van der Waals surface area contributed by atoms with Gasteiger partial charge in [-0.1, -0.05) is 30.3 Å². The molecule has 1 N–H and O–H groups in total. The summed E-state index contributed by atoms with van der Waals surface area (Å²) in [6.45, 7) is 5.03. The highest BCUT2D eigenvalue weighted by molar-refractivity contribution is 5.81. The van der Waals surface area contributed by atoms with E-state index < -0.39 is 0 Å². The molecule has 1 atom stereocenters. The summed E-state index contributed by atoms with van der Waals surface area (Å²) in [7, 11) is 1.65. The molecule has 35 heavy (non-hydrogen) atoms. The summed E-state index contributed by atoms with van der Waals surface area (Å²) in [6.07, 6.45) is 2.21. The van der Waals surface area contributed by atoms with E-state index in [-0.39, 0.29) is 11.7 Å². The highest BCUT2D eigenvalue weighted by Gasteiger charge is 2.22. The average molecular weight is 475 g/mol. The Kier molecular flexibility index (Phi) is 6.87. The number of pyridine rings is 1. The van der Waals surface area contributed by atoms with Crippen molar-refractivity contribution < 1.29 is 9.47 Å². The van der Waals surface area contributed by atoms with E-state index in [4.69, 9.17) is 9.47 Å². The number of nitrogens with zero attached hydrogens (tertiary/aromatic N) is 5. The first-order valence-corrected chi connectivity index (χ1v) is 11.9. The van der Waals surface area contributed by atoms with E-state index in [0.717, 1.165) is 58.6 Å². The number of aromatic amines is 1. The van der Waals surface area contributed by atoms with Gasteiger partial charge in [0.25, 0.3) is 5.56 Å². The van der Waals surface area contributed by atoms with Gasteiger partial charge in [0.1, 0.15) is 5.75 Å². The van der Waals surface area contributed by atoms with E-state index in [0.29, 0.717) is 26.2 Å². The number of para-hydroxylation sites is 1. The fraction of sp³-hybridized carbons (Fsp3) is 0.385. The second-order valence-electron chi connectivity index (χ2n) is 9.07. The highest BCUT2D eigenvalue weighted by atomic mass is 16.5.